The average molecular weight is 254 g/mol. The van der Waals surface area contributed by atoms with Crippen molar-refractivity contribution in [2.75, 3.05) is 26.7 Å². The molecule has 2 N–H and O–H groups in total. The van der Waals surface area contributed by atoms with Gasteiger partial charge in [0.25, 0.3) is 0 Å². The minimum Gasteiger partial charge on any atom is -0.376 e. The van der Waals surface area contributed by atoms with Crippen molar-refractivity contribution in [2.24, 2.45) is 5.41 Å². The van der Waals surface area contributed by atoms with Crippen LogP contribution in [0.3, 0.4) is 0 Å². The fourth-order valence-corrected chi connectivity index (χ4v) is 3.20. The van der Waals surface area contributed by atoms with Crippen molar-refractivity contribution in [3.05, 3.63) is 0 Å². The van der Waals surface area contributed by atoms with E-state index in [1.165, 1.54) is 6.42 Å². The zero-order valence-corrected chi connectivity index (χ0v) is 11.7. The van der Waals surface area contributed by atoms with Crippen molar-refractivity contribution in [3.8, 4) is 0 Å². The molecule has 1 amide bonds. The van der Waals surface area contributed by atoms with Crippen molar-refractivity contribution in [1.82, 2.24) is 10.6 Å². The zero-order valence-electron chi connectivity index (χ0n) is 11.7. The molecule has 1 heterocycles. The van der Waals surface area contributed by atoms with Gasteiger partial charge in [0, 0.05) is 20.2 Å². The lowest BCUT2D eigenvalue weighted by Crippen LogP contribution is -2.52. The highest BCUT2D eigenvalue weighted by Crippen LogP contribution is 2.35. The Bertz CT molecular complexity index is 289. The van der Waals surface area contributed by atoms with E-state index in [2.05, 4.69) is 17.6 Å². The Hall–Kier alpha value is -0.610. The third-order valence-corrected chi connectivity index (χ3v) is 4.72. The topological polar surface area (TPSA) is 50.4 Å². The molecule has 0 radical (unpaired) electrons. The number of rotatable bonds is 6. The molecule has 0 aromatic carbocycles. The third kappa shape index (κ3) is 2.54. The van der Waals surface area contributed by atoms with Gasteiger partial charge < -0.3 is 15.4 Å². The number of carbonyl (C=O) groups is 1. The second-order valence-electron chi connectivity index (χ2n) is 5.88. The fraction of sp³-hybridized carbons (Fsp3) is 0.929. The molecular weight excluding hydrogens is 228 g/mol. The van der Waals surface area contributed by atoms with Crippen LogP contribution in [0.2, 0.25) is 0 Å². The summed E-state index contributed by atoms with van der Waals surface area (Å²) in [6.07, 6.45) is 6.36. The lowest BCUT2D eigenvalue weighted by atomic mass is 9.78. The van der Waals surface area contributed by atoms with Gasteiger partial charge in [0.05, 0.1) is 11.0 Å². The quantitative estimate of drug-likeness (QED) is 0.754. The van der Waals surface area contributed by atoms with Crippen molar-refractivity contribution in [2.45, 2.75) is 51.0 Å². The van der Waals surface area contributed by atoms with Crippen LogP contribution in [0, 0.1) is 5.41 Å². The number of hydrogen-bond donors (Lipinski definition) is 2. The minimum absolute atomic E-state index is 0.0743. The highest BCUT2D eigenvalue weighted by molar-refractivity contribution is 5.83. The number of methoxy groups -OCH3 is 1. The normalized spacial score (nSPS) is 29.9. The van der Waals surface area contributed by atoms with E-state index in [-0.39, 0.29) is 16.9 Å². The maximum absolute atomic E-state index is 12.5. The van der Waals surface area contributed by atoms with E-state index < -0.39 is 0 Å². The fourth-order valence-electron chi connectivity index (χ4n) is 3.20. The minimum atomic E-state index is -0.173. The smallest absolute Gasteiger partial charge is 0.227 e. The molecule has 0 bridgehead atoms. The number of carbonyl (C=O) groups excluding carboxylic acids is 1. The van der Waals surface area contributed by atoms with Crippen LogP contribution in [0.1, 0.15) is 45.4 Å². The Morgan fingerprint density at radius 3 is 2.61 bits per heavy atom. The SMILES string of the molecule is CCCC1(C(=O)NCC2(OC)CCC2)CCNC1. The van der Waals surface area contributed by atoms with E-state index in [0.717, 1.165) is 45.2 Å². The van der Waals surface area contributed by atoms with E-state index in [9.17, 15) is 4.79 Å². The highest BCUT2D eigenvalue weighted by Gasteiger charge is 2.42. The van der Waals surface area contributed by atoms with E-state index in [4.69, 9.17) is 4.74 Å². The molecular formula is C14H26N2O2. The summed E-state index contributed by atoms with van der Waals surface area (Å²) in [4.78, 5) is 12.5. The summed E-state index contributed by atoms with van der Waals surface area (Å²) in [5, 5.41) is 6.47. The Morgan fingerprint density at radius 1 is 1.39 bits per heavy atom. The lowest BCUT2D eigenvalue weighted by Gasteiger charge is -2.41. The third-order valence-electron chi connectivity index (χ3n) is 4.72. The summed E-state index contributed by atoms with van der Waals surface area (Å²) in [5.41, 5.74) is -0.247. The predicted molar refractivity (Wildman–Crippen MR) is 71.4 cm³/mol. The van der Waals surface area contributed by atoms with Crippen molar-refractivity contribution < 1.29 is 9.53 Å². The number of hydrogen-bond acceptors (Lipinski definition) is 3. The molecule has 1 saturated heterocycles. The van der Waals surface area contributed by atoms with Crippen LogP contribution in [0.5, 0.6) is 0 Å². The summed E-state index contributed by atoms with van der Waals surface area (Å²) in [7, 11) is 1.75. The lowest BCUT2D eigenvalue weighted by molar-refractivity contribution is -0.134. The molecule has 2 fully saturated rings. The first-order valence-electron chi connectivity index (χ1n) is 7.21. The van der Waals surface area contributed by atoms with Gasteiger partial charge in [-0.15, -0.1) is 0 Å². The molecule has 0 aromatic rings. The van der Waals surface area contributed by atoms with E-state index >= 15 is 0 Å². The second-order valence-corrected chi connectivity index (χ2v) is 5.88. The van der Waals surface area contributed by atoms with Crippen LogP contribution < -0.4 is 10.6 Å². The molecule has 1 aliphatic heterocycles. The molecule has 18 heavy (non-hydrogen) atoms. The van der Waals surface area contributed by atoms with E-state index in [0.29, 0.717) is 6.54 Å². The maximum atomic E-state index is 12.5. The van der Waals surface area contributed by atoms with Crippen LogP contribution in [-0.2, 0) is 9.53 Å². The van der Waals surface area contributed by atoms with Crippen molar-refractivity contribution in [1.29, 1.82) is 0 Å². The molecule has 2 aliphatic rings. The molecule has 104 valence electrons. The average Bonchev–Trinajstić information content (AvgIpc) is 2.78. The first-order valence-corrected chi connectivity index (χ1v) is 7.21. The van der Waals surface area contributed by atoms with Gasteiger partial charge in [-0.25, -0.2) is 0 Å². The summed E-state index contributed by atoms with van der Waals surface area (Å²) in [6, 6.07) is 0. The number of nitrogens with one attached hydrogen (secondary N) is 2. The van der Waals surface area contributed by atoms with Crippen molar-refractivity contribution in [3.63, 3.8) is 0 Å². The Morgan fingerprint density at radius 2 is 2.17 bits per heavy atom. The van der Waals surface area contributed by atoms with Gasteiger partial charge in [0.15, 0.2) is 0 Å². The first-order chi connectivity index (χ1) is 8.66. The molecule has 2 rings (SSSR count). The molecule has 1 aliphatic carbocycles. The second kappa shape index (κ2) is 5.57. The van der Waals surface area contributed by atoms with Gasteiger partial charge >= 0.3 is 0 Å². The zero-order chi connectivity index (χ0) is 13.1. The Labute approximate surface area is 110 Å². The summed E-state index contributed by atoms with van der Waals surface area (Å²) < 4.78 is 5.55. The van der Waals surface area contributed by atoms with Crippen LogP contribution in [0.15, 0.2) is 0 Å². The maximum Gasteiger partial charge on any atom is 0.227 e. The van der Waals surface area contributed by atoms with Gasteiger partial charge in [-0.2, -0.15) is 0 Å². The van der Waals surface area contributed by atoms with E-state index in [1.54, 1.807) is 7.11 Å². The molecule has 1 saturated carbocycles. The summed E-state index contributed by atoms with van der Waals surface area (Å²) >= 11 is 0. The van der Waals surface area contributed by atoms with Crippen LogP contribution in [0.4, 0.5) is 0 Å². The van der Waals surface area contributed by atoms with Crippen LogP contribution in [0.25, 0.3) is 0 Å². The van der Waals surface area contributed by atoms with Crippen LogP contribution >= 0.6 is 0 Å². The summed E-state index contributed by atoms with van der Waals surface area (Å²) in [5.74, 6) is 0.220. The summed E-state index contributed by atoms with van der Waals surface area (Å²) in [6.45, 7) is 4.61. The van der Waals surface area contributed by atoms with Crippen molar-refractivity contribution >= 4 is 5.91 Å². The molecule has 1 atom stereocenters. The number of ether oxygens (including phenoxy) is 1. The molecule has 4 heteroatoms. The molecule has 4 nitrogen and oxygen atoms in total. The monoisotopic (exact) mass is 254 g/mol. The van der Waals surface area contributed by atoms with Gasteiger partial charge in [-0.1, -0.05) is 13.3 Å². The first kappa shape index (κ1) is 13.8. The molecule has 0 spiro atoms. The Kier molecular flexibility index (Phi) is 4.28. The van der Waals surface area contributed by atoms with Gasteiger partial charge in [-0.3, -0.25) is 4.79 Å². The molecule has 0 aromatic heterocycles. The number of amides is 1. The van der Waals surface area contributed by atoms with Crippen LogP contribution in [-0.4, -0.2) is 38.3 Å². The van der Waals surface area contributed by atoms with Gasteiger partial charge in [0.2, 0.25) is 5.91 Å². The largest absolute Gasteiger partial charge is 0.376 e. The highest BCUT2D eigenvalue weighted by atomic mass is 16.5. The van der Waals surface area contributed by atoms with Gasteiger partial charge in [-0.05, 0) is 38.6 Å². The predicted octanol–water partition coefficient (Wildman–Crippen LogP) is 1.45. The van der Waals surface area contributed by atoms with Gasteiger partial charge in [0.1, 0.15) is 0 Å². The standard InChI is InChI=1S/C14H26N2O2/c1-3-5-13(8-9-15-10-13)12(17)16-11-14(18-2)6-4-7-14/h15H,3-11H2,1-2H3,(H,16,17). The molecule has 1 unspecified atom stereocenters. The van der Waals surface area contributed by atoms with E-state index in [1.807, 2.05) is 0 Å². The Balaban J connectivity index is 1.89.